The van der Waals surface area contributed by atoms with Gasteiger partial charge in [-0.1, -0.05) is 12.8 Å². The minimum absolute atomic E-state index is 0.115. The van der Waals surface area contributed by atoms with E-state index in [0.717, 1.165) is 38.5 Å². The number of nitrogens with one attached hydrogen (secondary N) is 1. The first-order valence-corrected chi connectivity index (χ1v) is 5.11. The summed E-state index contributed by atoms with van der Waals surface area (Å²) in [7, 11) is 0. The van der Waals surface area contributed by atoms with Crippen LogP contribution in [-0.2, 0) is 4.79 Å². The second kappa shape index (κ2) is 5.22. The second-order valence-corrected chi connectivity index (χ2v) is 3.95. The topological polar surface area (TPSA) is 61.1 Å². The van der Waals surface area contributed by atoms with Gasteiger partial charge in [0.1, 0.15) is 0 Å². The average Bonchev–Trinajstić information content (AvgIpc) is 2.30. The Labute approximate surface area is 79.3 Å². The van der Waals surface area contributed by atoms with Crippen molar-refractivity contribution in [2.24, 2.45) is 11.8 Å². The van der Waals surface area contributed by atoms with Crippen LogP contribution >= 0.6 is 0 Å². The normalized spacial score (nSPS) is 29.6. The van der Waals surface area contributed by atoms with Crippen LogP contribution in [0.5, 0.6) is 0 Å². The molecular weight excluding hydrogens is 166 g/mol. The molecule has 0 aromatic heterocycles. The van der Waals surface area contributed by atoms with Gasteiger partial charge < -0.3 is 5.11 Å². The first-order valence-electron chi connectivity index (χ1n) is 5.11. The molecule has 1 aliphatic rings. The highest BCUT2D eigenvalue weighted by molar-refractivity contribution is 5.69. The average molecular weight is 184 g/mol. The maximum Gasteiger partial charge on any atom is 0.306 e. The van der Waals surface area contributed by atoms with Crippen LogP contribution in [0.2, 0.25) is 0 Å². The fraction of sp³-hybridized carbons (Fsp3) is 0.900. The van der Waals surface area contributed by atoms with Crippen LogP contribution in [-0.4, -0.2) is 17.6 Å². The van der Waals surface area contributed by atoms with Crippen LogP contribution in [0.4, 0.5) is 0 Å². The van der Waals surface area contributed by atoms with Crippen LogP contribution in [0.3, 0.4) is 0 Å². The van der Waals surface area contributed by atoms with Crippen molar-refractivity contribution in [1.29, 1.82) is 0 Å². The van der Waals surface area contributed by atoms with Crippen molar-refractivity contribution < 1.29 is 9.90 Å². The molecule has 3 nitrogen and oxygen atoms in total. The lowest BCUT2D eigenvalue weighted by Crippen LogP contribution is -2.12. The Balaban J connectivity index is 2.35. The number of hydrogen-bond acceptors (Lipinski definition) is 1. The van der Waals surface area contributed by atoms with Crippen molar-refractivity contribution in [1.82, 2.24) is 5.73 Å². The molecule has 1 saturated carbocycles. The summed E-state index contributed by atoms with van der Waals surface area (Å²) in [6.45, 7) is 0.488. The molecule has 1 rings (SSSR count). The molecule has 75 valence electrons. The Morgan fingerprint density at radius 2 is 2.08 bits per heavy atom. The molecule has 0 aromatic carbocycles. The lowest BCUT2D eigenvalue weighted by atomic mass is 9.96. The van der Waals surface area contributed by atoms with Crippen LogP contribution in [0.1, 0.15) is 38.5 Å². The number of carboxylic acids is 1. The van der Waals surface area contributed by atoms with Crippen LogP contribution in [0.25, 0.3) is 0 Å². The van der Waals surface area contributed by atoms with Crippen molar-refractivity contribution in [2.45, 2.75) is 38.5 Å². The molecule has 0 spiro atoms. The maximum atomic E-state index is 10.7. The van der Waals surface area contributed by atoms with E-state index in [4.69, 9.17) is 10.8 Å². The highest BCUT2D eigenvalue weighted by atomic mass is 16.4. The molecular formula is C10H18NO2. The van der Waals surface area contributed by atoms with Crippen molar-refractivity contribution in [3.63, 3.8) is 0 Å². The first-order chi connectivity index (χ1) is 6.24. The summed E-state index contributed by atoms with van der Waals surface area (Å²) >= 11 is 0. The van der Waals surface area contributed by atoms with Crippen LogP contribution in [0, 0.1) is 11.8 Å². The summed E-state index contributed by atoms with van der Waals surface area (Å²) in [5.74, 6) is -0.135. The number of hydrogen-bond donors (Lipinski definition) is 1. The fourth-order valence-electron chi connectivity index (χ4n) is 2.12. The third-order valence-electron chi connectivity index (χ3n) is 2.99. The highest BCUT2D eigenvalue weighted by Gasteiger charge is 2.22. The SMILES string of the molecule is [NH]CCC1CCCC(C(=O)O)CC1. The van der Waals surface area contributed by atoms with Gasteiger partial charge in [-0.2, -0.15) is 0 Å². The molecule has 0 aromatic rings. The molecule has 2 unspecified atom stereocenters. The minimum atomic E-state index is -0.633. The molecule has 13 heavy (non-hydrogen) atoms. The number of carboxylic acid groups (broad SMARTS) is 1. The van der Waals surface area contributed by atoms with E-state index >= 15 is 0 Å². The van der Waals surface area contributed by atoms with Gasteiger partial charge in [0.15, 0.2) is 0 Å². The third-order valence-corrected chi connectivity index (χ3v) is 2.99. The van der Waals surface area contributed by atoms with E-state index in [1.807, 2.05) is 0 Å². The van der Waals surface area contributed by atoms with E-state index in [1.165, 1.54) is 0 Å². The molecule has 2 N–H and O–H groups in total. The molecule has 0 bridgehead atoms. The standard InChI is InChI=1S/C10H18NO2/c11-7-6-8-2-1-3-9(5-4-8)10(12)13/h8-9,11H,1-7H2,(H,12,13). The Morgan fingerprint density at radius 1 is 1.31 bits per heavy atom. The Bertz CT molecular complexity index is 170. The summed E-state index contributed by atoms with van der Waals surface area (Å²) in [6, 6.07) is 0. The smallest absolute Gasteiger partial charge is 0.306 e. The zero-order valence-corrected chi connectivity index (χ0v) is 7.96. The van der Waals surface area contributed by atoms with Crippen LogP contribution in [0.15, 0.2) is 0 Å². The van der Waals surface area contributed by atoms with Gasteiger partial charge >= 0.3 is 5.97 Å². The van der Waals surface area contributed by atoms with E-state index in [0.29, 0.717) is 12.5 Å². The quantitative estimate of drug-likeness (QED) is 0.681. The van der Waals surface area contributed by atoms with Gasteiger partial charge in [0.05, 0.1) is 5.92 Å². The van der Waals surface area contributed by atoms with E-state index < -0.39 is 5.97 Å². The van der Waals surface area contributed by atoms with Crippen molar-refractivity contribution in [3.8, 4) is 0 Å². The Morgan fingerprint density at radius 3 is 2.69 bits per heavy atom. The molecule has 0 amide bonds. The summed E-state index contributed by atoms with van der Waals surface area (Å²) < 4.78 is 0. The summed E-state index contributed by atoms with van der Waals surface area (Å²) in [5, 5.41) is 8.84. The van der Waals surface area contributed by atoms with Gasteiger partial charge in [-0.15, -0.1) is 0 Å². The summed E-state index contributed by atoms with van der Waals surface area (Å²) in [6.07, 6.45) is 5.77. The Hall–Kier alpha value is -0.570. The van der Waals surface area contributed by atoms with Gasteiger partial charge in [0.25, 0.3) is 0 Å². The summed E-state index contributed by atoms with van der Waals surface area (Å²) in [4.78, 5) is 10.7. The van der Waals surface area contributed by atoms with Crippen LogP contribution < -0.4 is 5.73 Å². The lowest BCUT2D eigenvalue weighted by Gasteiger charge is -2.11. The van der Waals surface area contributed by atoms with Gasteiger partial charge in [-0.3, -0.25) is 10.5 Å². The highest BCUT2D eigenvalue weighted by Crippen LogP contribution is 2.28. The zero-order valence-electron chi connectivity index (χ0n) is 7.96. The molecule has 0 aliphatic heterocycles. The maximum absolute atomic E-state index is 10.7. The van der Waals surface area contributed by atoms with Crippen molar-refractivity contribution >= 4 is 5.97 Å². The largest absolute Gasteiger partial charge is 0.481 e. The second-order valence-electron chi connectivity index (χ2n) is 3.95. The van der Waals surface area contributed by atoms with Gasteiger partial charge in [-0.05, 0) is 31.6 Å². The Kier molecular flexibility index (Phi) is 4.22. The molecule has 0 heterocycles. The van der Waals surface area contributed by atoms with Crippen molar-refractivity contribution in [3.05, 3.63) is 0 Å². The molecule has 1 fully saturated rings. The predicted octanol–water partition coefficient (Wildman–Crippen LogP) is 1.94. The van der Waals surface area contributed by atoms with Crippen molar-refractivity contribution in [2.75, 3.05) is 6.54 Å². The van der Waals surface area contributed by atoms with E-state index in [9.17, 15) is 4.79 Å². The minimum Gasteiger partial charge on any atom is -0.481 e. The predicted molar refractivity (Wildman–Crippen MR) is 50.3 cm³/mol. The number of rotatable bonds is 3. The van der Waals surface area contributed by atoms with E-state index in [1.54, 1.807) is 0 Å². The zero-order chi connectivity index (χ0) is 9.68. The first kappa shape index (κ1) is 10.5. The molecule has 2 atom stereocenters. The number of aliphatic carboxylic acids is 1. The molecule has 1 aliphatic carbocycles. The molecule has 0 saturated heterocycles. The van der Waals surface area contributed by atoms with Gasteiger partial charge in [-0.25, -0.2) is 0 Å². The molecule has 3 heteroatoms. The molecule has 1 radical (unpaired) electrons. The van der Waals surface area contributed by atoms with Gasteiger partial charge in [0, 0.05) is 6.54 Å². The van der Waals surface area contributed by atoms with Gasteiger partial charge in [0.2, 0.25) is 0 Å². The monoisotopic (exact) mass is 184 g/mol. The lowest BCUT2D eigenvalue weighted by molar-refractivity contribution is -0.142. The summed E-state index contributed by atoms with van der Waals surface area (Å²) in [5.41, 5.74) is 7.13. The van der Waals surface area contributed by atoms with E-state index in [-0.39, 0.29) is 5.92 Å². The fourth-order valence-corrected chi connectivity index (χ4v) is 2.12. The third kappa shape index (κ3) is 3.35. The van der Waals surface area contributed by atoms with E-state index in [2.05, 4.69) is 0 Å². The number of carbonyl (C=O) groups is 1.